The second-order valence-electron chi connectivity index (χ2n) is 6.41. The maximum atomic E-state index is 12.2. The topological polar surface area (TPSA) is 94.6 Å². The van der Waals surface area contributed by atoms with E-state index in [2.05, 4.69) is 4.98 Å². The second-order valence-corrected chi connectivity index (χ2v) is 6.41. The summed E-state index contributed by atoms with van der Waals surface area (Å²) in [6.45, 7) is 1.23. The Labute approximate surface area is 147 Å². The molecule has 2 aliphatic heterocycles. The summed E-state index contributed by atoms with van der Waals surface area (Å²) in [4.78, 5) is 27.5. The fourth-order valence-corrected chi connectivity index (χ4v) is 3.87. The van der Waals surface area contributed by atoms with Crippen molar-refractivity contribution < 1.29 is 19.1 Å². The third kappa shape index (κ3) is 2.03. The predicted octanol–water partition coefficient (Wildman–Crippen LogP) is 2.36. The van der Waals surface area contributed by atoms with Crippen LogP contribution >= 0.6 is 0 Å². The summed E-state index contributed by atoms with van der Waals surface area (Å²) < 4.78 is 13.1. The molecule has 2 aliphatic rings. The molecule has 26 heavy (non-hydrogen) atoms. The number of carboxylic acid groups (broad SMARTS) is 1. The van der Waals surface area contributed by atoms with Crippen molar-refractivity contribution in [3.63, 3.8) is 0 Å². The van der Waals surface area contributed by atoms with Gasteiger partial charge >= 0.3 is 5.97 Å². The van der Waals surface area contributed by atoms with Gasteiger partial charge in [-0.1, -0.05) is 0 Å². The molecule has 0 amide bonds. The van der Waals surface area contributed by atoms with Crippen LogP contribution in [-0.2, 0) is 19.4 Å². The van der Waals surface area contributed by atoms with Crippen LogP contribution in [-0.4, -0.2) is 27.2 Å². The lowest BCUT2D eigenvalue weighted by Gasteiger charge is -2.25. The van der Waals surface area contributed by atoms with Gasteiger partial charge in [0.1, 0.15) is 11.3 Å². The zero-order chi connectivity index (χ0) is 17.8. The molecule has 0 unspecified atom stereocenters. The highest BCUT2D eigenvalue weighted by Crippen LogP contribution is 2.45. The molecule has 1 N–H and O–H groups in total. The molecule has 7 nitrogen and oxygen atoms in total. The van der Waals surface area contributed by atoms with Crippen LogP contribution in [0.5, 0.6) is 5.75 Å². The number of carbonyl (C=O) groups is 1. The first-order valence-corrected chi connectivity index (χ1v) is 8.32. The van der Waals surface area contributed by atoms with Crippen LogP contribution in [0.1, 0.15) is 21.5 Å². The number of hydrogen-bond acceptors (Lipinski definition) is 5. The summed E-state index contributed by atoms with van der Waals surface area (Å²) in [5.41, 5.74) is 4.03. The number of benzene rings is 1. The Morgan fingerprint density at radius 3 is 2.85 bits per heavy atom. The molecule has 4 heterocycles. The number of aryl methyl sites for hydroxylation is 1. The minimum atomic E-state index is -1.21. The highest BCUT2D eigenvalue weighted by atomic mass is 16.5. The normalized spacial score (nSPS) is 14.3. The molecule has 0 saturated heterocycles. The van der Waals surface area contributed by atoms with Crippen LogP contribution in [0.15, 0.2) is 40.1 Å². The lowest BCUT2D eigenvalue weighted by Crippen LogP contribution is -2.22. The van der Waals surface area contributed by atoms with Gasteiger partial charge in [0.2, 0.25) is 0 Å². The van der Waals surface area contributed by atoms with Crippen molar-refractivity contribution in [2.75, 3.05) is 6.61 Å². The van der Waals surface area contributed by atoms with Crippen LogP contribution in [0.4, 0.5) is 0 Å². The van der Waals surface area contributed by atoms with E-state index in [1.807, 2.05) is 10.6 Å². The van der Waals surface area contributed by atoms with E-state index < -0.39 is 11.4 Å². The van der Waals surface area contributed by atoms with E-state index in [9.17, 15) is 14.7 Å². The summed E-state index contributed by atoms with van der Waals surface area (Å²) in [6.07, 6.45) is 5.99. The Morgan fingerprint density at radius 2 is 2.08 bits per heavy atom. The Kier molecular flexibility index (Phi) is 3.06. The molecule has 0 bridgehead atoms. The number of aromatic carboxylic acids is 1. The fourth-order valence-electron chi connectivity index (χ4n) is 3.87. The van der Waals surface area contributed by atoms with Gasteiger partial charge in [0.25, 0.3) is 0 Å². The van der Waals surface area contributed by atoms with E-state index in [-0.39, 0.29) is 5.56 Å². The van der Waals surface area contributed by atoms with Crippen LogP contribution < -0.4 is 10.2 Å². The van der Waals surface area contributed by atoms with E-state index in [0.29, 0.717) is 18.9 Å². The van der Waals surface area contributed by atoms with Crippen molar-refractivity contribution in [3.8, 4) is 28.3 Å². The molecule has 130 valence electrons. The van der Waals surface area contributed by atoms with Crippen molar-refractivity contribution in [1.29, 1.82) is 0 Å². The van der Waals surface area contributed by atoms with E-state index in [0.717, 1.165) is 46.5 Å². The molecule has 2 aromatic heterocycles. The molecule has 0 atom stereocenters. The molecule has 3 aromatic rings. The van der Waals surface area contributed by atoms with E-state index >= 15 is 0 Å². The van der Waals surface area contributed by atoms with Crippen LogP contribution in [0.2, 0.25) is 0 Å². The summed E-state index contributed by atoms with van der Waals surface area (Å²) >= 11 is 0. The number of rotatable bonds is 2. The summed E-state index contributed by atoms with van der Waals surface area (Å²) in [6, 6.07) is 3.36. The molecule has 0 aliphatic carbocycles. The largest absolute Gasteiger partial charge is 0.492 e. The third-order valence-corrected chi connectivity index (χ3v) is 5.03. The van der Waals surface area contributed by atoms with Crippen molar-refractivity contribution in [2.24, 2.45) is 0 Å². The first-order valence-electron chi connectivity index (χ1n) is 8.32. The van der Waals surface area contributed by atoms with Crippen molar-refractivity contribution in [1.82, 2.24) is 9.55 Å². The summed E-state index contributed by atoms with van der Waals surface area (Å²) in [5, 5.41) is 9.21. The molecule has 0 saturated carbocycles. The van der Waals surface area contributed by atoms with Gasteiger partial charge in [0, 0.05) is 36.4 Å². The minimum absolute atomic E-state index is 0.211. The monoisotopic (exact) mass is 350 g/mol. The molecule has 5 rings (SSSR count). The maximum absolute atomic E-state index is 12.2. The number of ether oxygens (including phenoxy) is 1. The smallest absolute Gasteiger partial charge is 0.341 e. The van der Waals surface area contributed by atoms with E-state index in [1.54, 1.807) is 6.20 Å². The Bertz CT molecular complexity index is 1110. The van der Waals surface area contributed by atoms with Crippen molar-refractivity contribution >= 4 is 5.97 Å². The van der Waals surface area contributed by atoms with E-state index in [1.165, 1.54) is 18.7 Å². The summed E-state index contributed by atoms with van der Waals surface area (Å²) in [7, 11) is 0. The standard InChI is InChI=1S/C19H14N2O5/c22-16-6-15-12-5-13(17-7-20-9-26-17)18-11(2-4-25-18)10(12)1-3-21(15)8-14(16)19(23)24/h5-9H,1-4H2,(H,23,24). The van der Waals surface area contributed by atoms with Crippen LogP contribution in [0.25, 0.3) is 22.6 Å². The number of pyridine rings is 1. The molecule has 7 heteroatoms. The van der Waals surface area contributed by atoms with Gasteiger partial charge in [0.15, 0.2) is 17.6 Å². The zero-order valence-corrected chi connectivity index (χ0v) is 13.7. The zero-order valence-electron chi connectivity index (χ0n) is 13.7. The van der Waals surface area contributed by atoms with Gasteiger partial charge in [-0.2, -0.15) is 0 Å². The van der Waals surface area contributed by atoms with Gasteiger partial charge in [-0.05, 0) is 18.1 Å². The summed E-state index contributed by atoms with van der Waals surface area (Å²) in [5.74, 6) is 0.215. The van der Waals surface area contributed by atoms with Gasteiger partial charge < -0.3 is 18.8 Å². The first-order chi connectivity index (χ1) is 12.6. The van der Waals surface area contributed by atoms with Gasteiger partial charge in [-0.25, -0.2) is 9.78 Å². The highest BCUT2D eigenvalue weighted by Gasteiger charge is 2.29. The number of nitrogens with zero attached hydrogens (tertiary/aromatic N) is 2. The SMILES string of the molecule is O=C(O)c1cn2c(cc1=O)-c1cc(-c3cnco3)c3c(c1CC2)CCO3. The average molecular weight is 350 g/mol. The number of aromatic nitrogens is 2. The van der Waals surface area contributed by atoms with Crippen LogP contribution in [0, 0.1) is 0 Å². The lowest BCUT2D eigenvalue weighted by atomic mass is 9.88. The first kappa shape index (κ1) is 14.9. The molecule has 0 spiro atoms. The maximum Gasteiger partial charge on any atom is 0.341 e. The Morgan fingerprint density at radius 1 is 1.19 bits per heavy atom. The number of hydrogen-bond donors (Lipinski definition) is 1. The van der Waals surface area contributed by atoms with Gasteiger partial charge in [-0.15, -0.1) is 0 Å². The number of fused-ring (bicyclic) bond motifs is 5. The molecule has 0 radical (unpaired) electrons. The number of oxazole rings is 1. The molecular weight excluding hydrogens is 336 g/mol. The predicted molar refractivity (Wildman–Crippen MR) is 91.5 cm³/mol. The second kappa shape index (κ2) is 5.32. The molecular formula is C19H14N2O5. The van der Waals surface area contributed by atoms with Crippen molar-refractivity contribution in [3.05, 3.63) is 57.8 Å². The molecule has 0 fully saturated rings. The Hall–Kier alpha value is -3.35. The lowest BCUT2D eigenvalue weighted by molar-refractivity contribution is 0.0694. The highest BCUT2D eigenvalue weighted by molar-refractivity contribution is 5.88. The quantitative estimate of drug-likeness (QED) is 0.762. The van der Waals surface area contributed by atoms with Crippen molar-refractivity contribution in [2.45, 2.75) is 19.4 Å². The van der Waals surface area contributed by atoms with Crippen LogP contribution in [0.3, 0.4) is 0 Å². The third-order valence-electron chi connectivity index (χ3n) is 5.03. The Balaban J connectivity index is 1.79. The van der Waals surface area contributed by atoms with Gasteiger partial charge in [-0.3, -0.25) is 4.79 Å². The fraction of sp³-hybridized carbons (Fsp3) is 0.211. The minimum Gasteiger partial charge on any atom is -0.492 e. The van der Waals surface area contributed by atoms with E-state index in [4.69, 9.17) is 9.15 Å². The average Bonchev–Trinajstić information content (AvgIpc) is 3.32. The molecule has 1 aromatic carbocycles. The van der Waals surface area contributed by atoms with Gasteiger partial charge in [0.05, 0.1) is 24.1 Å². The number of carboxylic acids is 1.